The van der Waals surface area contributed by atoms with Gasteiger partial charge in [0.05, 0.1) is 26.9 Å². The standard InChI is InChI=1S/C20H17Cl2N3O2S/c1-11(18(26)23-17-10-12(21)6-9-15(17)22)28-20-24-16-5-3-2-4-14(16)19(27)25(20)13-7-8-13/h2-6,9-11,13H,7-8H2,1H3,(H,23,26). The minimum absolute atomic E-state index is 0.0545. The molecular weight excluding hydrogens is 417 g/mol. The lowest BCUT2D eigenvalue weighted by atomic mass is 10.2. The normalized spacial score (nSPS) is 14.8. The Morgan fingerprint density at radius 2 is 2.00 bits per heavy atom. The summed E-state index contributed by atoms with van der Waals surface area (Å²) >= 11 is 13.4. The molecule has 0 aliphatic heterocycles. The molecule has 28 heavy (non-hydrogen) atoms. The monoisotopic (exact) mass is 433 g/mol. The quantitative estimate of drug-likeness (QED) is 0.445. The van der Waals surface area contributed by atoms with Crippen LogP contribution in [0.4, 0.5) is 5.69 Å². The number of nitrogens with one attached hydrogen (secondary N) is 1. The van der Waals surface area contributed by atoms with Gasteiger partial charge in [-0.3, -0.25) is 14.2 Å². The van der Waals surface area contributed by atoms with E-state index in [2.05, 4.69) is 10.3 Å². The molecule has 1 amide bonds. The van der Waals surface area contributed by atoms with Gasteiger partial charge in [0.25, 0.3) is 5.56 Å². The summed E-state index contributed by atoms with van der Waals surface area (Å²) in [5.41, 5.74) is 1.04. The number of rotatable bonds is 5. The van der Waals surface area contributed by atoms with Gasteiger partial charge in [-0.05, 0) is 50.1 Å². The highest BCUT2D eigenvalue weighted by Gasteiger charge is 2.30. The van der Waals surface area contributed by atoms with Crippen molar-refractivity contribution in [2.45, 2.75) is 36.2 Å². The number of amides is 1. The fraction of sp³-hybridized carbons (Fsp3) is 0.250. The molecule has 1 unspecified atom stereocenters. The summed E-state index contributed by atoms with van der Waals surface area (Å²) in [6.07, 6.45) is 1.90. The van der Waals surface area contributed by atoms with E-state index in [1.54, 1.807) is 35.8 Å². The van der Waals surface area contributed by atoms with Crippen LogP contribution in [0.1, 0.15) is 25.8 Å². The van der Waals surface area contributed by atoms with E-state index in [1.165, 1.54) is 11.8 Å². The molecule has 0 saturated heterocycles. The second-order valence-electron chi connectivity index (χ2n) is 6.69. The molecule has 1 aliphatic carbocycles. The van der Waals surface area contributed by atoms with E-state index in [-0.39, 0.29) is 17.5 Å². The Morgan fingerprint density at radius 3 is 2.75 bits per heavy atom. The first-order valence-corrected chi connectivity index (χ1v) is 10.5. The summed E-state index contributed by atoms with van der Waals surface area (Å²) in [6.45, 7) is 1.77. The van der Waals surface area contributed by atoms with Gasteiger partial charge < -0.3 is 5.32 Å². The molecule has 5 nitrogen and oxygen atoms in total. The lowest BCUT2D eigenvalue weighted by Gasteiger charge is -2.16. The number of para-hydroxylation sites is 1. The van der Waals surface area contributed by atoms with Crippen molar-refractivity contribution in [3.63, 3.8) is 0 Å². The maximum absolute atomic E-state index is 12.9. The molecule has 1 fully saturated rings. The van der Waals surface area contributed by atoms with Gasteiger partial charge >= 0.3 is 0 Å². The smallest absolute Gasteiger partial charge is 0.262 e. The molecule has 1 N–H and O–H groups in total. The van der Waals surface area contributed by atoms with Crippen molar-refractivity contribution in [2.75, 3.05) is 5.32 Å². The number of halogens is 2. The fourth-order valence-electron chi connectivity index (χ4n) is 2.90. The third kappa shape index (κ3) is 3.90. The number of nitrogens with zero attached hydrogens (tertiary/aromatic N) is 2. The maximum Gasteiger partial charge on any atom is 0.262 e. The predicted molar refractivity (Wildman–Crippen MR) is 115 cm³/mol. The van der Waals surface area contributed by atoms with Crippen molar-refractivity contribution in [3.05, 3.63) is 62.9 Å². The minimum Gasteiger partial charge on any atom is -0.324 e. The van der Waals surface area contributed by atoms with Crippen LogP contribution < -0.4 is 10.9 Å². The van der Waals surface area contributed by atoms with Gasteiger partial charge in [0.15, 0.2) is 5.16 Å². The molecule has 1 saturated carbocycles. The molecular formula is C20H17Cl2N3O2S. The molecule has 144 valence electrons. The number of carbonyl (C=O) groups excluding carboxylic acids is 1. The molecule has 3 aromatic rings. The van der Waals surface area contributed by atoms with Gasteiger partial charge in [-0.2, -0.15) is 0 Å². The van der Waals surface area contributed by atoms with Crippen LogP contribution >= 0.6 is 35.0 Å². The van der Waals surface area contributed by atoms with Crippen molar-refractivity contribution < 1.29 is 4.79 Å². The molecule has 1 heterocycles. The Balaban J connectivity index is 1.62. The largest absolute Gasteiger partial charge is 0.324 e. The van der Waals surface area contributed by atoms with Crippen LogP contribution in [0.15, 0.2) is 52.4 Å². The van der Waals surface area contributed by atoms with Gasteiger partial charge in [-0.15, -0.1) is 0 Å². The Bertz CT molecular complexity index is 1130. The topological polar surface area (TPSA) is 64.0 Å². The van der Waals surface area contributed by atoms with Gasteiger partial charge in [0.1, 0.15) is 0 Å². The number of thioether (sulfide) groups is 1. The van der Waals surface area contributed by atoms with Gasteiger partial charge in [-0.25, -0.2) is 4.98 Å². The summed E-state index contributed by atoms with van der Waals surface area (Å²) in [5.74, 6) is -0.237. The zero-order valence-electron chi connectivity index (χ0n) is 15.0. The fourth-order valence-corrected chi connectivity index (χ4v) is 4.22. The molecule has 8 heteroatoms. The summed E-state index contributed by atoms with van der Waals surface area (Å²) in [4.78, 5) is 30.3. The predicted octanol–water partition coefficient (Wildman–Crippen LogP) is 5.16. The number of benzene rings is 2. The number of hydrogen-bond acceptors (Lipinski definition) is 4. The van der Waals surface area contributed by atoms with Crippen LogP contribution in [0, 0.1) is 0 Å². The van der Waals surface area contributed by atoms with Crippen LogP contribution in [0.5, 0.6) is 0 Å². The zero-order chi connectivity index (χ0) is 19.8. The van der Waals surface area contributed by atoms with E-state index in [0.29, 0.717) is 31.8 Å². The van der Waals surface area contributed by atoms with Crippen LogP contribution in [0.3, 0.4) is 0 Å². The molecule has 4 rings (SSSR count). The Hall–Kier alpha value is -2.02. The molecule has 0 spiro atoms. The average molecular weight is 434 g/mol. The van der Waals surface area contributed by atoms with E-state index in [4.69, 9.17) is 23.2 Å². The highest BCUT2D eigenvalue weighted by Crippen LogP contribution is 2.38. The van der Waals surface area contributed by atoms with Crippen molar-refractivity contribution in [3.8, 4) is 0 Å². The van der Waals surface area contributed by atoms with Crippen molar-refractivity contribution in [2.24, 2.45) is 0 Å². The number of anilines is 1. The Kier molecular flexibility index (Phi) is 5.36. The van der Waals surface area contributed by atoms with Gasteiger partial charge in [0, 0.05) is 11.1 Å². The first-order valence-electron chi connectivity index (χ1n) is 8.88. The molecule has 1 aromatic heterocycles. The second-order valence-corrected chi connectivity index (χ2v) is 8.84. The van der Waals surface area contributed by atoms with E-state index >= 15 is 0 Å². The third-order valence-corrected chi connectivity index (χ3v) is 6.16. The molecule has 2 aromatic carbocycles. The van der Waals surface area contributed by atoms with Gasteiger partial charge in [0.2, 0.25) is 5.91 Å². The number of aromatic nitrogens is 2. The van der Waals surface area contributed by atoms with Crippen LogP contribution in [-0.2, 0) is 4.79 Å². The SMILES string of the molecule is CC(Sc1nc2ccccc2c(=O)n1C1CC1)C(=O)Nc1cc(Cl)ccc1Cl. The van der Waals surface area contributed by atoms with Crippen LogP contribution in [0.25, 0.3) is 10.9 Å². The third-order valence-electron chi connectivity index (χ3n) is 4.53. The van der Waals surface area contributed by atoms with E-state index in [0.717, 1.165) is 12.8 Å². The van der Waals surface area contributed by atoms with Gasteiger partial charge in [-0.1, -0.05) is 47.1 Å². The minimum atomic E-state index is -0.479. The number of carbonyl (C=O) groups is 1. The highest BCUT2D eigenvalue weighted by atomic mass is 35.5. The Labute approximate surface area is 176 Å². The summed E-state index contributed by atoms with van der Waals surface area (Å²) in [7, 11) is 0. The molecule has 1 atom stereocenters. The summed E-state index contributed by atoms with van der Waals surface area (Å²) < 4.78 is 1.73. The van der Waals surface area contributed by atoms with Crippen LogP contribution in [-0.4, -0.2) is 20.7 Å². The number of fused-ring (bicyclic) bond motifs is 1. The van der Waals surface area contributed by atoms with E-state index in [1.807, 2.05) is 18.2 Å². The van der Waals surface area contributed by atoms with E-state index in [9.17, 15) is 9.59 Å². The molecule has 0 bridgehead atoms. The molecule has 0 radical (unpaired) electrons. The van der Waals surface area contributed by atoms with E-state index < -0.39 is 5.25 Å². The highest BCUT2D eigenvalue weighted by molar-refractivity contribution is 8.00. The van der Waals surface area contributed by atoms with Crippen molar-refractivity contribution in [1.82, 2.24) is 9.55 Å². The van der Waals surface area contributed by atoms with Crippen molar-refractivity contribution >= 4 is 57.5 Å². The Morgan fingerprint density at radius 1 is 1.25 bits per heavy atom. The summed E-state index contributed by atoms with van der Waals surface area (Å²) in [5, 5.41) is 4.37. The maximum atomic E-state index is 12.9. The lowest BCUT2D eigenvalue weighted by molar-refractivity contribution is -0.115. The summed E-state index contributed by atoms with van der Waals surface area (Å²) in [6, 6.07) is 12.3. The van der Waals surface area contributed by atoms with Crippen LogP contribution in [0.2, 0.25) is 10.0 Å². The second kappa shape index (κ2) is 7.78. The average Bonchev–Trinajstić information content (AvgIpc) is 3.50. The first-order chi connectivity index (χ1) is 13.4. The lowest BCUT2D eigenvalue weighted by Crippen LogP contribution is -2.26. The molecule has 1 aliphatic rings. The first kappa shape index (κ1) is 19.3. The number of hydrogen-bond donors (Lipinski definition) is 1. The van der Waals surface area contributed by atoms with Crippen molar-refractivity contribution in [1.29, 1.82) is 0 Å². The zero-order valence-corrected chi connectivity index (χ0v) is 17.3.